The van der Waals surface area contributed by atoms with Crippen LogP contribution in [0.2, 0.25) is 0 Å². The van der Waals surface area contributed by atoms with Crippen molar-refractivity contribution in [2.24, 2.45) is 0 Å². The Bertz CT molecular complexity index is 909. The van der Waals surface area contributed by atoms with Crippen molar-refractivity contribution in [1.29, 1.82) is 0 Å². The van der Waals surface area contributed by atoms with E-state index >= 15 is 0 Å². The fourth-order valence-electron chi connectivity index (χ4n) is 3.71. The Morgan fingerprint density at radius 1 is 0.833 bits per heavy atom. The number of carbonyl (C=O) groups is 1. The molecule has 0 radical (unpaired) electrons. The average molecular weight is 398 g/mol. The minimum atomic E-state index is 0.115. The van der Waals surface area contributed by atoms with Gasteiger partial charge in [-0.05, 0) is 46.2 Å². The van der Waals surface area contributed by atoms with Gasteiger partial charge in [-0.2, -0.15) is 0 Å². The maximum Gasteiger partial charge on any atom is 0.187 e. The first-order valence-corrected chi connectivity index (χ1v) is 10.7. The molecule has 2 nitrogen and oxygen atoms in total. The van der Waals surface area contributed by atoms with Gasteiger partial charge in [0.2, 0.25) is 0 Å². The largest absolute Gasteiger partial charge is 0.289 e. The van der Waals surface area contributed by atoms with Gasteiger partial charge in [-0.25, -0.2) is 0 Å². The molecule has 0 unspecified atom stereocenters. The van der Waals surface area contributed by atoms with Gasteiger partial charge in [-0.3, -0.25) is 9.69 Å². The first-order valence-electron chi connectivity index (χ1n) is 10.7. The molecule has 30 heavy (non-hydrogen) atoms. The smallest absolute Gasteiger partial charge is 0.187 e. The Labute approximate surface area is 181 Å². The zero-order chi connectivity index (χ0) is 21.7. The van der Waals surface area contributed by atoms with Crippen molar-refractivity contribution >= 4 is 17.9 Å². The second kappa shape index (κ2) is 9.74. The van der Waals surface area contributed by atoms with Gasteiger partial charge >= 0.3 is 0 Å². The number of rotatable bonds is 5. The second-order valence-electron chi connectivity index (χ2n) is 8.66. The lowest BCUT2D eigenvalue weighted by Gasteiger charge is -2.28. The molecular formula is C28H31NO. The number of Topliss-reactive ketones (excluding diaryl/α,β-unsaturated/α-hetero) is 1. The summed E-state index contributed by atoms with van der Waals surface area (Å²) in [7, 11) is 0. The van der Waals surface area contributed by atoms with Gasteiger partial charge in [0.05, 0.1) is 6.54 Å². The number of benzene rings is 2. The predicted octanol–water partition coefficient (Wildman–Crippen LogP) is 5.92. The molecule has 0 spiro atoms. The molecule has 0 bridgehead atoms. The lowest BCUT2D eigenvalue weighted by molar-refractivity contribution is -0.113. The Morgan fingerprint density at radius 2 is 1.23 bits per heavy atom. The van der Waals surface area contributed by atoms with Gasteiger partial charge in [-0.1, -0.05) is 82.1 Å². The monoisotopic (exact) mass is 397 g/mol. The number of terminal acetylenes is 1. The maximum absolute atomic E-state index is 13.2. The van der Waals surface area contributed by atoms with Gasteiger partial charge in [0.15, 0.2) is 5.78 Å². The van der Waals surface area contributed by atoms with E-state index in [2.05, 4.69) is 87.0 Å². The van der Waals surface area contributed by atoms with Crippen LogP contribution < -0.4 is 0 Å². The minimum Gasteiger partial charge on any atom is -0.289 e. The molecule has 0 saturated carbocycles. The first-order chi connectivity index (χ1) is 14.4. The van der Waals surface area contributed by atoms with Crippen molar-refractivity contribution < 1.29 is 4.79 Å². The molecule has 1 fully saturated rings. The van der Waals surface area contributed by atoms with E-state index in [1.165, 1.54) is 11.1 Å². The van der Waals surface area contributed by atoms with Crippen LogP contribution in [0.3, 0.4) is 0 Å². The number of carbonyl (C=O) groups excluding carboxylic acids is 1. The number of hydrogen-bond donors (Lipinski definition) is 0. The summed E-state index contributed by atoms with van der Waals surface area (Å²) in [4.78, 5) is 15.4. The van der Waals surface area contributed by atoms with Crippen LogP contribution in [0.4, 0.5) is 0 Å². The third kappa shape index (κ3) is 5.38. The lowest BCUT2D eigenvalue weighted by atomic mass is 9.93. The number of piperidine rings is 1. The molecule has 0 aliphatic carbocycles. The fraction of sp³-hybridized carbons (Fsp3) is 0.321. The number of nitrogens with zero attached hydrogens (tertiary/aromatic N) is 1. The molecule has 2 aromatic carbocycles. The van der Waals surface area contributed by atoms with Gasteiger partial charge in [0, 0.05) is 24.2 Å². The summed E-state index contributed by atoms with van der Waals surface area (Å²) < 4.78 is 0. The van der Waals surface area contributed by atoms with Crippen molar-refractivity contribution in [1.82, 2.24) is 4.90 Å². The van der Waals surface area contributed by atoms with E-state index < -0.39 is 0 Å². The summed E-state index contributed by atoms with van der Waals surface area (Å²) in [6, 6.07) is 16.9. The van der Waals surface area contributed by atoms with Crippen LogP contribution in [-0.4, -0.2) is 30.3 Å². The highest BCUT2D eigenvalue weighted by atomic mass is 16.1. The van der Waals surface area contributed by atoms with E-state index in [1.807, 2.05) is 12.2 Å². The van der Waals surface area contributed by atoms with Crippen LogP contribution in [-0.2, 0) is 4.79 Å². The van der Waals surface area contributed by atoms with Gasteiger partial charge in [0.25, 0.3) is 0 Å². The number of hydrogen-bond acceptors (Lipinski definition) is 2. The second-order valence-corrected chi connectivity index (χ2v) is 8.66. The van der Waals surface area contributed by atoms with Crippen molar-refractivity contribution in [2.45, 2.75) is 39.5 Å². The maximum atomic E-state index is 13.2. The molecule has 0 aromatic heterocycles. The van der Waals surface area contributed by atoms with E-state index in [4.69, 9.17) is 6.42 Å². The standard InChI is InChI=1S/C28H31NO/c1-6-15-29-18-26(16-22-7-11-24(12-8-22)20(2)3)28(30)27(19-29)17-23-9-13-25(14-10-23)21(4)5/h1,7-14,16-17,20-21H,15,18-19H2,2-5H3. The number of ketones is 1. The molecule has 2 heteroatoms. The SMILES string of the molecule is C#CCN1CC(=Cc2ccc(C(C)C)cc2)C(=O)C(=Cc2ccc(C(C)C)cc2)C1. The third-order valence-electron chi connectivity index (χ3n) is 5.57. The average Bonchev–Trinajstić information content (AvgIpc) is 2.72. The lowest BCUT2D eigenvalue weighted by Crippen LogP contribution is -2.37. The first kappa shape index (κ1) is 21.8. The summed E-state index contributed by atoms with van der Waals surface area (Å²) in [6.07, 6.45) is 9.57. The summed E-state index contributed by atoms with van der Waals surface area (Å²) in [5.41, 5.74) is 6.27. The zero-order valence-corrected chi connectivity index (χ0v) is 18.5. The molecule has 154 valence electrons. The van der Waals surface area contributed by atoms with Crippen molar-refractivity contribution in [3.63, 3.8) is 0 Å². The highest BCUT2D eigenvalue weighted by Crippen LogP contribution is 2.24. The Morgan fingerprint density at radius 3 is 1.57 bits per heavy atom. The molecule has 0 atom stereocenters. The van der Waals surface area contributed by atoms with Gasteiger partial charge in [-0.15, -0.1) is 6.42 Å². The molecule has 2 aromatic rings. The van der Waals surface area contributed by atoms with Crippen molar-refractivity contribution in [3.05, 3.63) is 81.9 Å². The molecule has 1 saturated heterocycles. The van der Waals surface area contributed by atoms with E-state index in [1.54, 1.807) is 0 Å². The van der Waals surface area contributed by atoms with Crippen molar-refractivity contribution in [2.75, 3.05) is 19.6 Å². The molecule has 1 heterocycles. The van der Waals surface area contributed by atoms with E-state index in [0.29, 0.717) is 31.5 Å². The summed E-state index contributed by atoms with van der Waals surface area (Å²) in [5, 5.41) is 0. The molecule has 1 aliphatic heterocycles. The summed E-state index contributed by atoms with van der Waals surface area (Å²) in [6.45, 7) is 10.4. The van der Waals surface area contributed by atoms with Gasteiger partial charge < -0.3 is 0 Å². The Hall–Kier alpha value is -2.89. The van der Waals surface area contributed by atoms with E-state index in [9.17, 15) is 4.79 Å². The predicted molar refractivity (Wildman–Crippen MR) is 127 cm³/mol. The highest BCUT2D eigenvalue weighted by molar-refractivity contribution is 6.14. The minimum absolute atomic E-state index is 0.115. The van der Waals surface area contributed by atoms with Gasteiger partial charge in [0.1, 0.15) is 0 Å². The summed E-state index contributed by atoms with van der Waals surface area (Å²) in [5.74, 6) is 3.82. The van der Waals surface area contributed by atoms with Crippen LogP contribution in [0, 0.1) is 12.3 Å². The molecule has 3 rings (SSSR count). The fourth-order valence-corrected chi connectivity index (χ4v) is 3.71. The Balaban J connectivity index is 1.90. The molecule has 0 N–H and O–H groups in total. The molecule has 1 aliphatic rings. The van der Waals surface area contributed by atoms with E-state index in [0.717, 1.165) is 22.3 Å². The normalized spacial score (nSPS) is 17.8. The molecule has 0 amide bonds. The van der Waals surface area contributed by atoms with Crippen LogP contribution in [0.15, 0.2) is 59.7 Å². The van der Waals surface area contributed by atoms with Crippen LogP contribution >= 0.6 is 0 Å². The highest BCUT2D eigenvalue weighted by Gasteiger charge is 2.25. The van der Waals surface area contributed by atoms with Crippen molar-refractivity contribution in [3.8, 4) is 12.3 Å². The topological polar surface area (TPSA) is 20.3 Å². The quantitative estimate of drug-likeness (QED) is 0.461. The van der Waals surface area contributed by atoms with E-state index in [-0.39, 0.29) is 5.78 Å². The van der Waals surface area contributed by atoms with Crippen LogP contribution in [0.25, 0.3) is 12.2 Å². The van der Waals surface area contributed by atoms with Crippen LogP contribution in [0.5, 0.6) is 0 Å². The third-order valence-corrected chi connectivity index (χ3v) is 5.57. The number of likely N-dealkylation sites (tertiary alicyclic amines) is 1. The Kier molecular flexibility index (Phi) is 7.08. The molecular weight excluding hydrogens is 366 g/mol. The summed E-state index contributed by atoms with van der Waals surface area (Å²) >= 11 is 0. The zero-order valence-electron chi connectivity index (χ0n) is 18.5. The van der Waals surface area contributed by atoms with Crippen LogP contribution in [0.1, 0.15) is 61.8 Å².